The topological polar surface area (TPSA) is 115 Å². The van der Waals surface area contributed by atoms with Crippen LogP contribution in [0.1, 0.15) is 8.22 Å². The number of halogens is 3. The van der Waals surface area contributed by atoms with Crippen molar-refractivity contribution in [2.24, 2.45) is 6.98 Å². The van der Waals surface area contributed by atoms with Crippen LogP contribution in [0.3, 0.4) is 0 Å². The van der Waals surface area contributed by atoms with E-state index in [1.807, 2.05) is 0 Å². The highest BCUT2D eigenvalue weighted by Crippen LogP contribution is 2.18. The molecule has 2 aromatic heterocycles. The Morgan fingerprint density at radius 1 is 0.966 bits per heavy atom. The Bertz CT molecular complexity index is 1600. The number of rotatable bonds is 0. The summed E-state index contributed by atoms with van der Waals surface area (Å²) >= 11 is 12.9. The van der Waals surface area contributed by atoms with E-state index in [1.54, 1.807) is 18.2 Å². The molecular weight excluding hydrogens is 538 g/mol. The fourth-order valence-corrected chi connectivity index (χ4v) is 2.78. The number of aromatic nitrogens is 2. The minimum Gasteiger partial charge on any atom is -0.372 e. The van der Waals surface area contributed by atoms with Gasteiger partial charge in [0.05, 0.1) is 21.1 Å². The van der Waals surface area contributed by atoms with Crippen LogP contribution in [0.25, 0.3) is 21.8 Å². The van der Waals surface area contributed by atoms with E-state index in [0.717, 1.165) is 0 Å². The summed E-state index contributed by atoms with van der Waals surface area (Å²) < 4.78 is 49.5. The predicted molar refractivity (Wildman–Crippen MR) is 121 cm³/mol. The number of aromatic amines is 1. The van der Waals surface area contributed by atoms with Crippen molar-refractivity contribution in [3.63, 3.8) is 0 Å². The van der Waals surface area contributed by atoms with Crippen LogP contribution in [0.2, 0.25) is 10.0 Å². The maximum absolute atomic E-state index is 11.5. The highest BCUT2D eigenvalue weighted by molar-refractivity contribution is 14.1. The van der Waals surface area contributed by atoms with Crippen LogP contribution in [0.4, 0.5) is 0 Å². The summed E-state index contributed by atoms with van der Waals surface area (Å²) in [5.74, 6) is -2.01. The zero-order valence-electron chi connectivity index (χ0n) is 20.0. The third kappa shape index (κ3) is 4.98. The van der Waals surface area contributed by atoms with Crippen LogP contribution in [0.15, 0.2) is 64.4 Å². The molecule has 2 aromatic carbocycles. The average molecular weight is 557 g/mol. The molecule has 0 aliphatic heterocycles. The van der Waals surface area contributed by atoms with Crippen LogP contribution in [-0.4, -0.2) is 14.4 Å². The van der Waals surface area contributed by atoms with Gasteiger partial charge >= 0.3 is 22.8 Å². The van der Waals surface area contributed by atoms with Gasteiger partial charge in [-0.25, -0.2) is 19.2 Å². The number of nitrogens with zero attached hydrogens (tertiary/aromatic N) is 1. The van der Waals surface area contributed by atoms with Gasteiger partial charge in [-0.1, -0.05) is 57.9 Å². The molecule has 0 atom stereocenters. The molecule has 0 aliphatic rings. The molecule has 11 heteroatoms. The van der Waals surface area contributed by atoms with Crippen LogP contribution >= 0.6 is 45.8 Å². The van der Waals surface area contributed by atoms with E-state index in [0.29, 0.717) is 10.1 Å². The molecule has 152 valence electrons. The van der Waals surface area contributed by atoms with Gasteiger partial charge in [-0.05, 0) is 29.1 Å². The van der Waals surface area contributed by atoms with E-state index in [1.165, 1.54) is 40.8 Å². The molecular formula is C18H13Cl2IN2O6. The number of hydrogen-bond donors (Lipinski definition) is 1. The van der Waals surface area contributed by atoms with Crippen molar-refractivity contribution in [2.45, 2.75) is 0 Å². The van der Waals surface area contributed by atoms with E-state index >= 15 is 0 Å². The minimum atomic E-state index is -2.74. The number of hydrogen-bond acceptors (Lipinski definition) is 6. The molecule has 0 amide bonds. The van der Waals surface area contributed by atoms with Crippen molar-refractivity contribution in [1.82, 2.24) is 9.55 Å². The summed E-state index contributed by atoms with van der Waals surface area (Å²) in [7, 11) is 0. The molecule has 1 N–H and O–H groups in total. The lowest BCUT2D eigenvalue weighted by Crippen LogP contribution is -2.22. The Morgan fingerprint density at radius 2 is 1.55 bits per heavy atom. The van der Waals surface area contributed by atoms with Gasteiger partial charge in [-0.2, -0.15) is 0 Å². The lowest BCUT2D eigenvalue weighted by atomic mass is 10.2. The molecule has 0 saturated heterocycles. The first kappa shape index (κ1) is 15.5. The number of aryl methyl sites for hydroxylation is 1. The summed E-state index contributed by atoms with van der Waals surface area (Å²) in [6.45, 7) is -2.74. The van der Waals surface area contributed by atoms with Crippen molar-refractivity contribution in [2.75, 3.05) is 4.86 Å². The quantitative estimate of drug-likeness (QED) is 0.262. The molecule has 2 heterocycles. The second kappa shape index (κ2) is 9.90. The molecule has 0 radical (unpaired) electrons. The van der Waals surface area contributed by atoms with Crippen LogP contribution in [0, 0.1) is 0 Å². The second-order valence-electron chi connectivity index (χ2n) is 5.09. The molecule has 4 rings (SSSR count). The van der Waals surface area contributed by atoms with E-state index < -0.39 is 34.6 Å². The SMILES string of the molecule is O=c1[nH]c2cccc(Cl)c2c(=O)o1.[2H]C([2H])([2H])I.[2H]C([2H])([2H])n1c(=O)oc(=O)c2c(Cl)cccc21. The number of H-pyrrole nitrogens is 1. The predicted octanol–water partition coefficient (Wildman–Crippen LogP) is 3.33. The largest absolute Gasteiger partial charge is 0.422 e. The lowest BCUT2D eigenvalue weighted by molar-refractivity contribution is 0.433. The van der Waals surface area contributed by atoms with E-state index in [9.17, 15) is 19.2 Å². The molecule has 8 nitrogen and oxygen atoms in total. The Labute approximate surface area is 194 Å². The number of alkyl halides is 1. The smallest absolute Gasteiger partial charge is 0.372 e. The molecule has 4 aromatic rings. The Morgan fingerprint density at radius 3 is 2.21 bits per heavy atom. The van der Waals surface area contributed by atoms with Gasteiger partial charge in [0.1, 0.15) is 10.8 Å². The highest BCUT2D eigenvalue weighted by Gasteiger charge is 2.09. The number of benzene rings is 2. The average Bonchev–Trinajstić information content (AvgIpc) is 2.65. The van der Waals surface area contributed by atoms with Gasteiger partial charge in [-0.3, -0.25) is 9.55 Å². The maximum atomic E-state index is 11.5. The van der Waals surface area contributed by atoms with Gasteiger partial charge in [0, 0.05) is 15.2 Å². The Hall–Kier alpha value is -2.37. The van der Waals surface area contributed by atoms with Crippen molar-refractivity contribution < 1.29 is 17.1 Å². The van der Waals surface area contributed by atoms with Crippen molar-refractivity contribution in [1.29, 1.82) is 0 Å². The van der Waals surface area contributed by atoms with Crippen molar-refractivity contribution in [3.8, 4) is 0 Å². The lowest BCUT2D eigenvalue weighted by Gasteiger charge is -2.02. The molecule has 0 saturated carbocycles. The summed E-state index contributed by atoms with van der Waals surface area (Å²) in [6.07, 6.45) is 0. The Kier molecular flexibility index (Phi) is 5.28. The number of fused-ring (bicyclic) bond motifs is 2. The van der Waals surface area contributed by atoms with Crippen LogP contribution < -0.4 is 22.8 Å². The maximum Gasteiger partial charge on any atom is 0.422 e. The Balaban J connectivity index is 0.000000212. The first-order valence-electron chi connectivity index (χ1n) is 10.4. The standard InChI is InChI=1S/C9H6ClNO3.C8H4ClNO3.CH3I/c1-11-6-4-2-3-5(10)7(6)8(12)14-9(11)13;9-4-2-1-3-5-6(4)7(11)13-8(12)10-5;1-2/h2-4H,1H3;1-3H,(H,10,12);1H3/i1D3;;1D3. The van der Waals surface area contributed by atoms with Crippen LogP contribution in [0.5, 0.6) is 0 Å². The van der Waals surface area contributed by atoms with E-state index in [-0.39, 0.29) is 26.3 Å². The summed E-state index contributed by atoms with van der Waals surface area (Å²) in [6, 6.07) is 8.96. The van der Waals surface area contributed by atoms with E-state index in [4.69, 9.17) is 31.4 Å². The summed E-state index contributed by atoms with van der Waals surface area (Å²) in [5, 5.41) is 0.380. The van der Waals surface area contributed by atoms with Crippen molar-refractivity contribution in [3.05, 3.63) is 88.4 Å². The third-order valence-corrected chi connectivity index (χ3v) is 4.07. The fourth-order valence-electron chi connectivity index (χ4n) is 2.28. The number of nitrogens with one attached hydrogen (secondary N) is 1. The summed E-state index contributed by atoms with van der Waals surface area (Å²) in [4.78, 5) is 45.3. The zero-order valence-corrected chi connectivity index (χ0v) is 17.7. The second-order valence-corrected chi connectivity index (χ2v) is 5.90. The molecule has 0 bridgehead atoms. The van der Waals surface area contributed by atoms with Gasteiger partial charge in [0.2, 0.25) is 0 Å². The molecule has 0 spiro atoms. The monoisotopic (exact) mass is 556 g/mol. The molecule has 0 fully saturated rings. The summed E-state index contributed by atoms with van der Waals surface area (Å²) in [5.41, 5.74) is -1.35. The van der Waals surface area contributed by atoms with Gasteiger partial charge in [0.15, 0.2) is 0 Å². The zero-order chi connectivity index (χ0) is 26.7. The minimum absolute atomic E-state index is 0.0363. The van der Waals surface area contributed by atoms with Gasteiger partial charge in [-0.15, -0.1) is 0 Å². The molecule has 0 aliphatic carbocycles. The fraction of sp³-hybridized carbons (Fsp3) is 0.111. The highest BCUT2D eigenvalue weighted by atomic mass is 127. The molecule has 0 unspecified atom stereocenters. The van der Waals surface area contributed by atoms with Crippen LogP contribution in [-0.2, 0) is 6.98 Å². The van der Waals surface area contributed by atoms with E-state index in [2.05, 4.69) is 13.8 Å². The van der Waals surface area contributed by atoms with Crippen molar-refractivity contribution >= 4 is 67.6 Å². The first-order chi connectivity index (χ1) is 16.0. The van der Waals surface area contributed by atoms with Gasteiger partial charge in [0.25, 0.3) is 0 Å². The third-order valence-electron chi connectivity index (χ3n) is 3.44. The molecule has 29 heavy (non-hydrogen) atoms. The van der Waals surface area contributed by atoms with Gasteiger partial charge < -0.3 is 8.83 Å². The first-order valence-corrected chi connectivity index (χ1v) is 9.19. The normalized spacial score (nSPS) is 14.0.